The van der Waals surface area contributed by atoms with E-state index in [4.69, 9.17) is 10.5 Å². The van der Waals surface area contributed by atoms with Crippen LogP contribution in [0.5, 0.6) is 11.5 Å². The number of carbonyl (C=O) groups is 1. The predicted octanol–water partition coefficient (Wildman–Crippen LogP) is 1.57. The monoisotopic (exact) mass is 462 g/mol. The van der Waals surface area contributed by atoms with Crippen LogP contribution in [-0.2, 0) is 17.8 Å². The molecule has 9 heteroatoms. The Labute approximate surface area is 199 Å². The molecule has 2 heterocycles. The third kappa shape index (κ3) is 6.43. The fraction of sp³-hybridized carbons (Fsp3) is 0.320. The van der Waals surface area contributed by atoms with Crippen molar-refractivity contribution in [1.82, 2.24) is 25.7 Å². The van der Waals surface area contributed by atoms with Gasteiger partial charge in [0, 0.05) is 50.8 Å². The Balaban J connectivity index is 1.25. The Kier molecular flexibility index (Phi) is 7.90. The highest BCUT2D eigenvalue weighted by Crippen LogP contribution is 2.30. The number of aromatic nitrogens is 2. The molecule has 5 N–H and O–H groups in total. The molecule has 1 saturated heterocycles. The average Bonchev–Trinajstić information content (AvgIpc) is 2.86. The minimum absolute atomic E-state index is 0.0473. The molecule has 0 atom stereocenters. The van der Waals surface area contributed by atoms with Crippen molar-refractivity contribution in [2.75, 3.05) is 45.1 Å². The summed E-state index contributed by atoms with van der Waals surface area (Å²) in [5.41, 5.74) is 9.13. The maximum atomic E-state index is 12.2. The van der Waals surface area contributed by atoms with Gasteiger partial charge in [0.2, 0.25) is 5.91 Å². The van der Waals surface area contributed by atoms with Crippen LogP contribution in [0.2, 0.25) is 0 Å². The van der Waals surface area contributed by atoms with Crippen molar-refractivity contribution in [3.8, 4) is 22.8 Å². The second kappa shape index (κ2) is 11.4. The molecule has 0 saturated carbocycles. The summed E-state index contributed by atoms with van der Waals surface area (Å²) in [7, 11) is 0. The number of nitrogen functional groups attached to an aromatic ring is 1. The first-order valence-electron chi connectivity index (χ1n) is 11.4. The van der Waals surface area contributed by atoms with Crippen molar-refractivity contribution in [3.63, 3.8) is 0 Å². The topological polar surface area (TPSA) is 126 Å². The van der Waals surface area contributed by atoms with E-state index in [0.717, 1.165) is 37.3 Å². The van der Waals surface area contributed by atoms with Crippen molar-refractivity contribution in [2.45, 2.75) is 13.0 Å². The molecular weight excluding hydrogens is 432 g/mol. The maximum Gasteiger partial charge on any atom is 0.234 e. The third-order valence-electron chi connectivity index (χ3n) is 5.70. The highest BCUT2D eigenvalue weighted by atomic mass is 16.5. The number of aromatic hydroxyl groups is 1. The number of anilines is 1. The van der Waals surface area contributed by atoms with Crippen LogP contribution in [0, 0.1) is 0 Å². The highest BCUT2D eigenvalue weighted by molar-refractivity contribution is 5.78. The summed E-state index contributed by atoms with van der Waals surface area (Å²) in [6, 6.07) is 16.7. The van der Waals surface area contributed by atoms with Crippen LogP contribution in [0.25, 0.3) is 11.3 Å². The number of nitrogens with zero attached hydrogens (tertiary/aromatic N) is 3. The van der Waals surface area contributed by atoms with Gasteiger partial charge in [-0.05, 0) is 23.3 Å². The van der Waals surface area contributed by atoms with E-state index in [9.17, 15) is 9.90 Å². The van der Waals surface area contributed by atoms with Crippen LogP contribution in [-0.4, -0.2) is 65.4 Å². The summed E-state index contributed by atoms with van der Waals surface area (Å²) in [5, 5.41) is 24.3. The molecule has 0 bridgehead atoms. The zero-order valence-corrected chi connectivity index (χ0v) is 19.0. The quantitative estimate of drug-likeness (QED) is 0.378. The summed E-state index contributed by atoms with van der Waals surface area (Å²) in [4.78, 5) is 14.3. The molecule has 0 spiro atoms. The summed E-state index contributed by atoms with van der Waals surface area (Å²) >= 11 is 0. The SMILES string of the molecule is Nc1nnc(-c2ccccc2O)cc1OCCc1ccc(CNC(=O)CN2CCNCC2)cc1. The number of carbonyl (C=O) groups excluding carboxylic acids is 1. The number of rotatable bonds is 9. The van der Waals surface area contributed by atoms with E-state index in [1.54, 1.807) is 24.3 Å². The van der Waals surface area contributed by atoms with Gasteiger partial charge >= 0.3 is 0 Å². The maximum absolute atomic E-state index is 12.2. The first-order valence-corrected chi connectivity index (χ1v) is 11.4. The third-order valence-corrected chi connectivity index (χ3v) is 5.70. The number of phenolic OH excluding ortho intramolecular Hbond substituents is 1. The molecule has 3 aromatic rings. The summed E-state index contributed by atoms with van der Waals surface area (Å²) in [5.74, 6) is 0.793. The standard InChI is InChI=1S/C25H30N6O3/c26-25-23(15-21(29-30-25)20-3-1-2-4-22(20)32)34-14-9-18-5-7-19(8-6-18)16-28-24(33)17-31-12-10-27-11-13-31/h1-8,15,27,32H,9-14,16-17H2,(H2,26,30)(H,28,33). The number of ether oxygens (including phenoxy) is 1. The summed E-state index contributed by atoms with van der Waals surface area (Å²) < 4.78 is 5.85. The Morgan fingerprint density at radius 2 is 1.82 bits per heavy atom. The molecule has 0 aliphatic carbocycles. The molecule has 4 rings (SSSR count). The van der Waals surface area contributed by atoms with E-state index >= 15 is 0 Å². The van der Waals surface area contributed by atoms with Crippen LogP contribution < -0.4 is 21.1 Å². The van der Waals surface area contributed by atoms with Crippen LogP contribution in [0.4, 0.5) is 5.82 Å². The smallest absolute Gasteiger partial charge is 0.234 e. The van der Waals surface area contributed by atoms with Crippen LogP contribution in [0.1, 0.15) is 11.1 Å². The molecular formula is C25H30N6O3. The molecule has 1 fully saturated rings. The van der Waals surface area contributed by atoms with Gasteiger partial charge in [-0.3, -0.25) is 9.69 Å². The van der Waals surface area contributed by atoms with E-state index in [2.05, 4.69) is 25.7 Å². The van der Waals surface area contributed by atoms with Gasteiger partial charge < -0.3 is 26.2 Å². The normalized spacial score (nSPS) is 14.0. The second-order valence-electron chi connectivity index (χ2n) is 8.21. The van der Waals surface area contributed by atoms with E-state index in [-0.39, 0.29) is 17.5 Å². The van der Waals surface area contributed by atoms with Gasteiger partial charge in [0.1, 0.15) is 11.4 Å². The summed E-state index contributed by atoms with van der Waals surface area (Å²) in [6.07, 6.45) is 0.684. The van der Waals surface area contributed by atoms with Crippen LogP contribution in [0.3, 0.4) is 0 Å². The Bertz CT molecular complexity index is 1100. The zero-order valence-electron chi connectivity index (χ0n) is 19.0. The summed E-state index contributed by atoms with van der Waals surface area (Å²) in [6.45, 7) is 5.03. The van der Waals surface area contributed by atoms with Crippen molar-refractivity contribution in [1.29, 1.82) is 0 Å². The number of nitrogens with one attached hydrogen (secondary N) is 2. The lowest BCUT2D eigenvalue weighted by molar-refractivity contribution is -0.122. The van der Waals surface area contributed by atoms with Gasteiger partial charge in [0.05, 0.1) is 13.2 Å². The number of hydrogen-bond acceptors (Lipinski definition) is 8. The van der Waals surface area contributed by atoms with Crippen molar-refractivity contribution in [2.24, 2.45) is 0 Å². The lowest BCUT2D eigenvalue weighted by atomic mass is 10.1. The number of piperazine rings is 1. The van der Waals surface area contributed by atoms with E-state index < -0.39 is 0 Å². The predicted molar refractivity (Wildman–Crippen MR) is 130 cm³/mol. The fourth-order valence-electron chi connectivity index (χ4n) is 3.75. The van der Waals surface area contributed by atoms with Gasteiger partial charge in [-0.15, -0.1) is 10.2 Å². The van der Waals surface area contributed by atoms with Gasteiger partial charge in [0.15, 0.2) is 11.6 Å². The minimum Gasteiger partial charge on any atom is -0.507 e. The second-order valence-corrected chi connectivity index (χ2v) is 8.21. The molecule has 9 nitrogen and oxygen atoms in total. The molecule has 1 aromatic heterocycles. The van der Waals surface area contributed by atoms with E-state index in [1.165, 1.54) is 0 Å². The molecule has 2 aromatic carbocycles. The van der Waals surface area contributed by atoms with Gasteiger partial charge in [0.25, 0.3) is 0 Å². The number of hydrogen-bond donors (Lipinski definition) is 4. The number of amides is 1. The Morgan fingerprint density at radius 1 is 1.09 bits per heavy atom. The number of benzene rings is 2. The number of para-hydroxylation sites is 1. The van der Waals surface area contributed by atoms with Crippen molar-refractivity contribution in [3.05, 3.63) is 65.7 Å². The molecule has 0 radical (unpaired) electrons. The zero-order chi connectivity index (χ0) is 23.8. The lowest BCUT2D eigenvalue weighted by Gasteiger charge is -2.26. The van der Waals surface area contributed by atoms with Crippen molar-refractivity contribution < 1.29 is 14.6 Å². The fourth-order valence-corrected chi connectivity index (χ4v) is 3.75. The molecule has 0 unspecified atom stereocenters. The van der Waals surface area contributed by atoms with Gasteiger partial charge in [-0.2, -0.15) is 0 Å². The Morgan fingerprint density at radius 3 is 2.59 bits per heavy atom. The highest BCUT2D eigenvalue weighted by Gasteiger charge is 2.13. The molecule has 1 aliphatic rings. The molecule has 34 heavy (non-hydrogen) atoms. The first kappa shape index (κ1) is 23.5. The van der Waals surface area contributed by atoms with Gasteiger partial charge in [-0.1, -0.05) is 36.4 Å². The largest absolute Gasteiger partial charge is 0.507 e. The lowest BCUT2D eigenvalue weighted by Crippen LogP contribution is -2.47. The average molecular weight is 463 g/mol. The minimum atomic E-state index is 0.0473. The number of phenols is 1. The van der Waals surface area contributed by atoms with Crippen LogP contribution in [0.15, 0.2) is 54.6 Å². The van der Waals surface area contributed by atoms with Crippen LogP contribution >= 0.6 is 0 Å². The molecule has 178 valence electrons. The number of nitrogens with two attached hydrogens (primary N) is 1. The molecule has 1 aliphatic heterocycles. The van der Waals surface area contributed by atoms with Gasteiger partial charge in [-0.25, -0.2) is 0 Å². The van der Waals surface area contributed by atoms with Crippen molar-refractivity contribution >= 4 is 11.7 Å². The van der Waals surface area contributed by atoms with E-state index in [1.807, 2.05) is 30.3 Å². The molecule has 1 amide bonds. The Hall–Kier alpha value is -3.69. The van der Waals surface area contributed by atoms with E-state index in [0.29, 0.717) is 43.1 Å². The first-order chi connectivity index (χ1) is 16.6.